The SMILES string of the molecule is CC(C)(CO[P+](=O)[O-])[C@@H](O)C(=O)NCCC(=O)NCCS[C@H](CS(=O)(=O)NC[C@H]1O[C@@H](n2cnc3c(N)ncnc32)[C@H](O)[C@@H]1O)c1ccccc1O. The fourth-order valence-corrected chi connectivity index (χ4v) is 8.53. The van der Waals surface area contributed by atoms with Crippen molar-refractivity contribution in [1.29, 1.82) is 0 Å². The lowest BCUT2D eigenvalue weighted by atomic mass is 9.87. The second-order valence-electron chi connectivity index (χ2n) is 12.5. The predicted octanol–water partition coefficient (Wildman–Crippen LogP) is -1.83. The van der Waals surface area contributed by atoms with Crippen LogP contribution in [0.4, 0.5) is 5.82 Å². The molecule has 1 aliphatic heterocycles. The van der Waals surface area contributed by atoms with Crippen molar-refractivity contribution in [2.45, 2.75) is 56.2 Å². The summed E-state index contributed by atoms with van der Waals surface area (Å²) < 4.78 is 51.3. The number of fused-ring (bicyclic) bond motifs is 1. The lowest BCUT2D eigenvalue weighted by Gasteiger charge is -2.27. The molecule has 3 heterocycles. The number of hydrogen-bond donors (Lipinski definition) is 8. The highest BCUT2D eigenvalue weighted by atomic mass is 32.2. The van der Waals surface area contributed by atoms with Crippen LogP contribution in [0.25, 0.3) is 11.2 Å². The average molecular weight is 789 g/mol. The summed E-state index contributed by atoms with van der Waals surface area (Å²) in [4.78, 5) is 47.4. The molecule has 286 valence electrons. The zero-order chi connectivity index (χ0) is 38.2. The van der Waals surface area contributed by atoms with Gasteiger partial charge in [-0.05, 0) is 10.6 Å². The van der Waals surface area contributed by atoms with E-state index in [1.165, 1.54) is 37.1 Å². The molecular weight excluding hydrogens is 747 g/mol. The van der Waals surface area contributed by atoms with Gasteiger partial charge < -0.3 is 46.4 Å². The molecule has 1 aliphatic rings. The van der Waals surface area contributed by atoms with Gasteiger partial charge in [-0.15, -0.1) is 4.52 Å². The predicted molar refractivity (Wildman–Crippen MR) is 185 cm³/mol. The van der Waals surface area contributed by atoms with Crippen molar-refractivity contribution in [3.05, 3.63) is 42.5 Å². The second-order valence-corrected chi connectivity index (χ2v) is 16.3. The number of thioether (sulfide) groups is 1. The van der Waals surface area contributed by atoms with Crippen molar-refractivity contribution in [3.8, 4) is 5.75 Å². The van der Waals surface area contributed by atoms with E-state index >= 15 is 0 Å². The summed E-state index contributed by atoms with van der Waals surface area (Å²) in [5, 5.41) is 46.4. The van der Waals surface area contributed by atoms with E-state index in [2.05, 4.69) is 34.8 Å². The summed E-state index contributed by atoms with van der Waals surface area (Å²) in [6.07, 6.45) is -4.45. The molecule has 7 atom stereocenters. The standard InChI is InChI=1S/C29H41N8O12PS2/c1-29(2,13-48-50(44)45)24(42)27(43)32-8-7-20(39)31-9-10-51-19(16-5-3-4-6-17(16)38)12-52(46,47)36-11-18-22(40)23(41)28(49-18)37-15-35-21-25(30)33-14-34-26(21)37/h3-6,14-15,18-19,22-24,28,36,38,40-42H,7-13H2,1-2H3,(H,31,39)(H,32,43)(H2,30,33,34)/t18-,19-,22-,23-,24+,28-/m1/s1. The van der Waals surface area contributed by atoms with Gasteiger partial charge in [0.05, 0.1) is 12.1 Å². The zero-order valence-electron chi connectivity index (χ0n) is 28.1. The van der Waals surface area contributed by atoms with Gasteiger partial charge >= 0.3 is 8.25 Å². The third-order valence-corrected chi connectivity index (χ3v) is 11.3. The van der Waals surface area contributed by atoms with Crippen molar-refractivity contribution in [2.75, 3.05) is 43.5 Å². The minimum Gasteiger partial charge on any atom is -0.566 e. The van der Waals surface area contributed by atoms with E-state index in [1.54, 1.807) is 18.2 Å². The first-order chi connectivity index (χ1) is 24.5. The molecule has 20 nitrogen and oxygen atoms in total. The van der Waals surface area contributed by atoms with Crippen molar-refractivity contribution >= 4 is 58.8 Å². The number of rotatable bonds is 19. The Labute approximate surface area is 303 Å². The van der Waals surface area contributed by atoms with Crippen LogP contribution in [0.1, 0.15) is 37.3 Å². The Morgan fingerprint density at radius 2 is 1.90 bits per heavy atom. The van der Waals surface area contributed by atoms with Gasteiger partial charge in [-0.2, -0.15) is 11.8 Å². The van der Waals surface area contributed by atoms with Crippen LogP contribution in [-0.2, 0) is 33.4 Å². The fraction of sp³-hybridized carbons (Fsp3) is 0.552. The molecule has 0 saturated carbocycles. The number of nitrogen functional groups attached to an aromatic ring is 1. The molecule has 4 rings (SSSR count). The number of sulfonamides is 1. The van der Waals surface area contributed by atoms with Crippen molar-refractivity contribution < 1.29 is 57.2 Å². The number of aromatic nitrogens is 4. The number of aromatic hydroxyl groups is 1. The number of ether oxygens (including phenoxy) is 1. The first kappa shape index (κ1) is 41.2. The van der Waals surface area contributed by atoms with Crippen molar-refractivity contribution in [3.63, 3.8) is 0 Å². The smallest absolute Gasteiger partial charge is 0.488 e. The van der Waals surface area contributed by atoms with Crippen LogP contribution in [0.3, 0.4) is 0 Å². The Morgan fingerprint density at radius 1 is 1.17 bits per heavy atom. The van der Waals surface area contributed by atoms with Crippen LogP contribution in [0.5, 0.6) is 5.75 Å². The van der Waals surface area contributed by atoms with Gasteiger partial charge in [0, 0.05) is 48.0 Å². The van der Waals surface area contributed by atoms with E-state index in [9.17, 15) is 47.9 Å². The third kappa shape index (κ3) is 10.7. The van der Waals surface area contributed by atoms with Gasteiger partial charge in [0.15, 0.2) is 17.7 Å². The maximum Gasteiger partial charge on any atom is 0.488 e. The minimum absolute atomic E-state index is 0.104. The number of aliphatic hydroxyl groups excluding tert-OH is 3. The van der Waals surface area contributed by atoms with Gasteiger partial charge in [0.1, 0.15) is 48.6 Å². The molecule has 2 amide bonds. The lowest BCUT2D eigenvalue weighted by Crippen LogP contribution is -2.46. The normalized spacial score (nSPS) is 20.8. The summed E-state index contributed by atoms with van der Waals surface area (Å²) in [7, 11) is -7.23. The topological polar surface area (TPSA) is 314 Å². The van der Waals surface area contributed by atoms with Crippen LogP contribution >= 0.6 is 20.0 Å². The van der Waals surface area contributed by atoms with E-state index < -0.39 is 90.3 Å². The van der Waals surface area contributed by atoms with Gasteiger partial charge in [-0.25, -0.2) is 28.1 Å². The van der Waals surface area contributed by atoms with E-state index in [1.807, 2.05) is 0 Å². The molecule has 1 unspecified atom stereocenters. The zero-order valence-corrected chi connectivity index (χ0v) is 30.6. The average Bonchev–Trinajstić information content (AvgIpc) is 3.64. The number of phenolic OH excluding ortho intramolecular Hbond substituents is 1. The van der Waals surface area contributed by atoms with Crippen LogP contribution in [0, 0.1) is 5.41 Å². The van der Waals surface area contributed by atoms with Gasteiger partial charge in [0.2, 0.25) is 21.8 Å². The number of hydrogen-bond acceptors (Lipinski definition) is 17. The molecule has 9 N–H and O–H groups in total. The monoisotopic (exact) mass is 788 g/mol. The van der Waals surface area contributed by atoms with Crippen molar-refractivity contribution in [2.24, 2.45) is 5.41 Å². The number of aliphatic hydroxyl groups is 3. The molecule has 2 aromatic heterocycles. The summed E-state index contributed by atoms with van der Waals surface area (Å²) in [5.41, 5.74) is 5.45. The number of imidazole rings is 1. The lowest BCUT2D eigenvalue weighted by molar-refractivity contribution is -0.189. The molecule has 0 bridgehead atoms. The van der Waals surface area contributed by atoms with E-state index in [-0.39, 0.29) is 48.0 Å². The number of anilines is 1. The maximum atomic E-state index is 13.3. The van der Waals surface area contributed by atoms with Crippen LogP contribution in [0.15, 0.2) is 36.9 Å². The highest BCUT2D eigenvalue weighted by Crippen LogP contribution is 2.36. The highest BCUT2D eigenvalue weighted by Gasteiger charge is 2.45. The first-order valence-electron chi connectivity index (χ1n) is 15.8. The maximum absolute atomic E-state index is 13.3. The molecule has 0 aliphatic carbocycles. The number of nitrogens with one attached hydrogen (secondary N) is 3. The molecule has 52 heavy (non-hydrogen) atoms. The quantitative estimate of drug-likeness (QED) is 0.0489. The van der Waals surface area contributed by atoms with Crippen molar-refractivity contribution in [1.82, 2.24) is 34.9 Å². The molecular formula is C29H41N8O12PS2. The number of nitrogens with two attached hydrogens (primary N) is 1. The Morgan fingerprint density at radius 3 is 2.62 bits per heavy atom. The number of phenols is 1. The van der Waals surface area contributed by atoms with E-state index in [4.69, 9.17) is 10.5 Å². The Hall–Kier alpha value is -3.57. The van der Waals surface area contributed by atoms with Crippen LogP contribution < -0.4 is 26.0 Å². The third-order valence-electron chi connectivity index (χ3n) is 8.08. The summed E-state index contributed by atoms with van der Waals surface area (Å²) in [6, 6.07) is 6.21. The van der Waals surface area contributed by atoms with Gasteiger partial charge in [0.25, 0.3) is 0 Å². The number of benzene rings is 1. The minimum atomic E-state index is -4.08. The number of amides is 2. The Kier molecular flexibility index (Phi) is 14.2. The molecule has 0 spiro atoms. The Bertz CT molecular complexity index is 1830. The van der Waals surface area contributed by atoms with E-state index in [0.717, 1.165) is 11.8 Å². The molecule has 0 radical (unpaired) electrons. The number of carbonyl (C=O) groups excluding carboxylic acids is 2. The number of carbonyl (C=O) groups is 2. The van der Waals surface area contributed by atoms with E-state index in [0.29, 0.717) is 5.56 Å². The molecule has 3 aromatic rings. The second kappa shape index (κ2) is 18.0. The highest BCUT2D eigenvalue weighted by molar-refractivity contribution is 8.00. The summed E-state index contributed by atoms with van der Waals surface area (Å²) in [6.45, 7) is 2.06. The first-order valence-corrected chi connectivity index (χ1v) is 19.6. The molecule has 23 heteroatoms. The van der Waals surface area contributed by atoms with Crippen LogP contribution in [-0.4, -0.2) is 122 Å². The number of para-hydroxylation sites is 1. The largest absolute Gasteiger partial charge is 0.566 e. The summed E-state index contributed by atoms with van der Waals surface area (Å²) in [5.74, 6) is -1.55. The molecule has 1 fully saturated rings. The molecule has 1 aromatic carbocycles. The van der Waals surface area contributed by atoms with Gasteiger partial charge in [-0.3, -0.25) is 14.2 Å². The molecule has 1 saturated heterocycles. The van der Waals surface area contributed by atoms with Crippen LogP contribution in [0.2, 0.25) is 0 Å². The summed E-state index contributed by atoms with van der Waals surface area (Å²) >= 11 is 1.15. The Balaban J connectivity index is 1.27. The fourth-order valence-electron chi connectivity index (χ4n) is 5.17. The van der Waals surface area contributed by atoms with Gasteiger partial charge in [-0.1, -0.05) is 32.0 Å². The number of nitrogens with zero attached hydrogens (tertiary/aromatic N) is 4.